The van der Waals surface area contributed by atoms with Crippen molar-refractivity contribution in [2.45, 2.75) is 232 Å². The first-order chi connectivity index (χ1) is 31.0. The predicted octanol–water partition coefficient (Wildman–Crippen LogP) is 17.0. The van der Waals surface area contributed by atoms with Crippen molar-refractivity contribution in [3.8, 4) is 0 Å². The van der Waals surface area contributed by atoms with Crippen LogP contribution in [0.2, 0.25) is 0 Å². The zero-order valence-electron chi connectivity index (χ0n) is 40.8. The number of carbonyl (C=O) groups is 3. The zero-order chi connectivity index (χ0) is 45.8. The number of unbranched alkanes of at least 4 members (excludes halogenated alkanes) is 18. The molecule has 0 saturated heterocycles. The lowest BCUT2D eigenvalue weighted by Crippen LogP contribution is -2.30. The lowest BCUT2D eigenvalue weighted by molar-refractivity contribution is -0.167. The largest absolute Gasteiger partial charge is 0.462 e. The maximum absolute atomic E-state index is 12.8. The van der Waals surface area contributed by atoms with E-state index in [1.54, 1.807) is 0 Å². The zero-order valence-corrected chi connectivity index (χ0v) is 40.8. The maximum Gasteiger partial charge on any atom is 0.306 e. The van der Waals surface area contributed by atoms with Crippen LogP contribution in [0.25, 0.3) is 0 Å². The molecule has 0 bridgehead atoms. The van der Waals surface area contributed by atoms with Crippen molar-refractivity contribution in [1.82, 2.24) is 0 Å². The summed E-state index contributed by atoms with van der Waals surface area (Å²) in [6, 6.07) is 0. The van der Waals surface area contributed by atoms with E-state index < -0.39 is 6.10 Å². The van der Waals surface area contributed by atoms with Crippen molar-refractivity contribution in [3.05, 3.63) is 97.2 Å². The van der Waals surface area contributed by atoms with Crippen LogP contribution in [-0.4, -0.2) is 37.2 Å². The Morgan fingerprint density at radius 1 is 0.317 bits per heavy atom. The molecule has 0 aromatic heterocycles. The van der Waals surface area contributed by atoms with Gasteiger partial charge < -0.3 is 14.2 Å². The standard InChI is InChI=1S/C57H94O6/c1-4-7-10-13-16-19-22-25-27-28-29-30-31-33-35-38-41-44-47-50-56(59)62-53-54(52-61-55(58)49-46-43-40-37-34-24-21-18-15-12-9-6-3)63-57(60)51-48-45-42-39-36-32-26-23-20-17-14-11-8-5-2/h7-12,16-21,25-27,32,54H,4-6,13-15,22-24,28-31,33-53H2,1-3H3/b10-7-,11-8-,12-9-,19-16-,20-17-,21-18-,27-25-,32-26-. The monoisotopic (exact) mass is 875 g/mol. The van der Waals surface area contributed by atoms with Crippen LogP contribution in [0.15, 0.2) is 97.2 Å². The Labute approximate surface area is 387 Å². The van der Waals surface area contributed by atoms with Gasteiger partial charge in [-0.25, -0.2) is 0 Å². The van der Waals surface area contributed by atoms with Crippen molar-refractivity contribution in [2.75, 3.05) is 13.2 Å². The topological polar surface area (TPSA) is 78.9 Å². The summed E-state index contributed by atoms with van der Waals surface area (Å²) in [5.41, 5.74) is 0. The summed E-state index contributed by atoms with van der Waals surface area (Å²) < 4.78 is 16.8. The average molecular weight is 875 g/mol. The molecule has 0 amide bonds. The Bertz CT molecular complexity index is 1280. The first-order valence-corrected chi connectivity index (χ1v) is 25.7. The molecular weight excluding hydrogens is 781 g/mol. The van der Waals surface area contributed by atoms with E-state index in [-0.39, 0.29) is 31.1 Å². The van der Waals surface area contributed by atoms with Gasteiger partial charge >= 0.3 is 17.9 Å². The lowest BCUT2D eigenvalue weighted by atomic mass is 10.1. The minimum absolute atomic E-state index is 0.0953. The van der Waals surface area contributed by atoms with Crippen LogP contribution < -0.4 is 0 Å². The minimum Gasteiger partial charge on any atom is -0.462 e. The fourth-order valence-corrected chi connectivity index (χ4v) is 6.80. The van der Waals surface area contributed by atoms with Crippen LogP contribution in [0, 0.1) is 0 Å². The number of carbonyl (C=O) groups excluding carboxylic acids is 3. The Kier molecular flexibility index (Phi) is 48.0. The van der Waals surface area contributed by atoms with E-state index in [1.165, 1.54) is 44.9 Å². The molecule has 0 radical (unpaired) electrons. The molecule has 0 aliphatic heterocycles. The third-order valence-electron chi connectivity index (χ3n) is 10.6. The molecule has 0 rings (SSSR count). The highest BCUT2D eigenvalue weighted by atomic mass is 16.6. The number of esters is 3. The number of hydrogen-bond acceptors (Lipinski definition) is 6. The summed E-state index contributed by atoms with van der Waals surface area (Å²) in [7, 11) is 0. The highest BCUT2D eigenvalue weighted by Gasteiger charge is 2.19. The molecule has 6 heteroatoms. The van der Waals surface area contributed by atoms with E-state index in [0.29, 0.717) is 19.3 Å². The molecule has 0 aliphatic carbocycles. The van der Waals surface area contributed by atoms with Gasteiger partial charge in [0.15, 0.2) is 6.10 Å². The van der Waals surface area contributed by atoms with E-state index >= 15 is 0 Å². The summed E-state index contributed by atoms with van der Waals surface area (Å²) in [5, 5.41) is 0. The quantitative estimate of drug-likeness (QED) is 0.0262. The smallest absolute Gasteiger partial charge is 0.306 e. The number of hydrogen-bond donors (Lipinski definition) is 0. The fraction of sp³-hybridized carbons (Fsp3) is 0.667. The van der Waals surface area contributed by atoms with Gasteiger partial charge in [-0.05, 0) is 109 Å². The summed E-state index contributed by atoms with van der Waals surface area (Å²) in [6.45, 7) is 6.26. The molecule has 0 saturated carbocycles. The van der Waals surface area contributed by atoms with Crippen LogP contribution >= 0.6 is 0 Å². The Balaban J connectivity index is 4.41. The molecule has 0 aliphatic rings. The van der Waals surface area contributed by atoms with E-state index in [9.17, 15) is 14.4 Å². The van der Waals surface area contributed by atoms with Crippen molar-refractivity contribution >= 4 is 17.9 Å². The van der Waals surface area contributed by atoms with Gasteiger partial charge in [-0.15, -0.1) is 0 Å². The Hall–Kier alpha value is -3.67. The highest BCUT2D eigenvalue weighted by molar-refractivity contribution is 5.71. The molecule has 0 N–H and O–H groups in total. The third kappa shape index (κ3) is 49.2. The van der Waals surface area contributed by atoms with Gasteiger partial charge in [0.05, 0.1) is 0 Å². The molecular formula is C57H94O6. The van der Waals surface area contributed by atoms with Crippen LogP contribution in [0.4, 0.5) is 0 Å². The molecule has 358 valence electrons. The number of ether oxygens (including phenoxy) is 3. The highest BCUT2D eigenvalue weighted by Crippen LogP contribution is 2.14. The van der Waals surface area contributed by atoms with Gasteiger partial charge in [0.1, 0.15) is 13.2 Å². The summed E-state index contributed by atoms with van der Waals surface area (Å²) in [6.07, 6.45) is 66.8. The first-order valence-electron chi connectivity index (χ1n) is 25.7. The van der Waals surface area contributed by atoms with Crippen molar-refractivity contribution < 1.29 is 28.6 Å². The van der Waals surface area contributed by atoms with Crippen LogP contribution in [0.1, 0.15) is 226 Å². The van der Waals surface area contributed by atoms with Crippen LogP contribution in [-0.2, 0) is 28.6 Å². The van der Waals surface area contributed by atoms with E-state index in [1.807, 2.05) is 0 Å². The van der Waals surface area contributed by atoms with Crippen molar-refractivity contribution in [3.63, 3.8) is 0 Å². The van der Waals surface area contributed by atoms with Gasteiger partial charge in [0.25, 0.3) is 0 Å². The second kappa shape index (κ2) is 51.0. The Morgan fingerprint density at radius 2 is 0.571 bits per heavy atom. The van der Waals surface area contributed by atoms with Gasteiger partial charge in [0, 0.05) is 19.3 Å². The van der Waals surface area contributed by atoms with Gasteiger partial charge in [-0.3, -0.25) is 14.4 Å². The predicted molar refractivity (Wildman–Crippen MR) is 270 cm³/mol. The van der Waals surface area contributed by atoms with E-state index in [2.05, 4.69) is 118 Å². The molecule has 0 fully saturated rings. The van der Waals surface area contributed by atoms with Crippen molar-refractivity contribution in [2.24, 2.45) is 0 Å². The van der Waals surface area contributed by atoms with Crippen molar-refractivity contribution in [1.29, 1.82) is 0 Å². The van der Waals surface area contributed by atoms with Crippen LogP contribution in [0.3, 0.4) is 0 Å². The first kappa shape index (κ1) is 59.3. The second-order valence-corrected chi connectivity index (χ2v) is 16.6. The Morgan fingerprint density at radius 3 is 0.889 bits per heavy atom. The molecule has 1 unspecified atom stereocenters. The van der Waals surface area contributed by atoms with Gasteiger partial charge in [-0.2, -0.15) is 0 Å². The normalized spacial score (nSPS) is 12.9. The molecule has 0 spiro atoms. The fourth-order valence-electron chi connectivity index (χ4n) is 6.80. The lowest BCUT2D eigenvalue weighted by Gasteiger charge is -2.18. The maximum atomic E-state index is 12.8. The average Bonchev–Trinajstić information content (AvgIpc) is 3.28. The van der Waals surface area contributed by atoms with E-state index in [0.717, 1.165) is 141 Å². The SMILES string of the molecule is CC/C=C\C/C=C\C/C=C\CCCCCCCCCCCC(=O)OCC(COC(=O)CCCCCCC/C=C\C/C=C\CC)OC(=O)CCCCCC/C=C\C/C=C\C/C=C\CC. The molecule has 6 nitrogen and oxygen atoms in total. The van der Waals surface area contributed by atoms with Crippen LogP contribution in [0.5, 0.6) is 0 Å². The second-order valence-electron chi connectivity index (χ2n) is 16.6. The molecule has 0 aromatic rings. The third-order valence-corrected chi connectivity index (χ3v) is 10.6. The molecule has 1 atom stereocenters. The number of rotatable bonds is 45. The molecule has 0 aromatic carbocycles. The molecule has 0 heterocycles. The summed E-state index contributed by atoms with van der Waals surface area (Å²) >= 11 is 0. The minimum atomic E-state index is -0.797. The van der Waals surface area contributed by atoms with Gasteiger partial charge in [-0.1, -0.05) is 195 Å². The number of allylic oxidation sites excluding steroid dienone is 16. The van der Waals surface area contributed by atoms with E-state index in [4.69, 9.17) is 14.2 Å². The molecule has 63 heavy (non-hydrogen) atoms. The van der Waals surface area contributed by atoms with Gasteiger partial charge in [0.2, 0.25) is 0 Å². The summed E-state index contributed by atoms with van der Waals surface area (Å²) in [4.78, 5) is 38.0. The summed E-state index contributed by atoms with van der Waals surface area (Å²) in [5.74, 6) is -0.942.